The third-order valence-corrected chi connectivity index (χ3v) is 5.23. The van der Waals surface area contributed by atoms with Crippen molar-refractivity contribution in [3.63, 3.8) is 0 Å². The smallest absolute Gasteiger partial charge is 0.317 e. The molecule has 0 saturated carbocycles. The number of likely N-dealkylation sites (tertiary alicyclic amines) is 1. The number of piperidine rings is 1. The molecule has 5 heteroatoms. The maximum atomic E-state index is 12.3. The standard InChI is InChI=1S/C20H33N3O2/c1-4-22(16(2)3)15-12-21-20(25)23-13-10-18(11-14-23)19(24)17-8-6-5-7-9-17/h5-9,16,18-19,24H,4,10-15H2,1-3H3,(H,21,25). The molecule has 1 fully saturated rings. The topological polar surface area (TPSA) is 55.8 Å². The molecule has 1 aromatic carbocycles. The quantitative estimate of drug-likeness (QED) is 0.797. The third-order valence-electron chi connectivity index (χ3n) is 5.23. The lowest BCUT2D eigenvalue weighted by atomic mass is 9.87. The minimum atomic E-state index is -0.435. The fourth-order valence-electron chi connectivity index (χ4n) is 3.54. The van der Waals surface area contributed by atoms with Gasteiger partial charge in [0.25, 0.3) is 0 Å². The number of benzene rings is 1. The molecule has 0 radical (unpaired) electrons. The summed E-state index contributed by atoms with van der Waals surface area (Å²) < 4.78 is 0. The predicted molar refractivity (Wildman–Crippen MR) is 101 cm³/mol. The highest BCUT2D eigenvalue weighted by Gasteiger charge is 2.28. The van der Waals surface area contributed by atoms with Crippen LogP contribution in [0.25, 0.3) is 0 Å². The molecule has 1 saturated heterocycles. The molecule has 1 aliphatic rings. The SMILES string of the molecule is CCN(CCNC(=O)N1CCC(C(O)c2ccccc2)CC1)C(C)C. The molecule has 2 rings (SSSR count). The lowest BCUT2D eigenvalue weighted by molar-refractivity contribution is 0.0664. The summed E-state index contributed by atoms with van der Waals surface area (Å²) in [5.74, 6) is 0.225. The van der Waals surface area contributed by atoms with Gasteiger partial charge in [0.1, 0.15) is 0 Å². The molecule has 0 aliphatic carbocycles. The number of nitrogens with one attached hydrogen (secondary N) is 1. The minimum Gasteiger partial charge on any atom is -0.388 e. The molecule has 1 aliphatic heterocycles. The van der Waals surface area contributed by atoms with Gasteiger partial charge in [-0.1, -0.05) is 37.3 Å². The zero-order valence-electron chi connectivity index (χ0n) is 15.8. The van der Waals surface area contributed by atoms with Crippen molar-refractivity contribution in [3.05, 3.63) is 35.9 Å². The molecule has 1 atom stereocenters. The molecule has 0 bridgehead atoms. The molecule has 2 amide bonds. The van der Waals surface area contributed by atoms with Gasteiger partial charge in [0.15, 0.2) is 0 Å². The summed E-state index contributed by atoms with van der Waals surface area (Å²) in [6, 6.07) is 10.3. The Kier molecular flexibility index (Phi) is 7.72. The number of likely N-dealkylation sites (N-methyl/N-ethyl adjacent to an activating group) is 1. The highest BCUT2D eigenvalue weighted by molar-refractivity contribution is 5.74. The van der Waals surface area contributed by atoms with E-state index in [-0.39, 0.29) is 11.9 Å². The molecule has 25 heavy (non-hydrogen) atoms. The van der Waals surface area contributed by atoms with Crippen molar-refractivity contribution in [1.29, 1.82) is 0 Å². The summed E-state index contributed by atoms with van der Waals surface area (Å²) in [5, 5.41) is 13.6. The van der Waals surface area contributed by atoms with Gasteiger partial charge in [0.05, 0.1) is 6.10 Å². The lowest BCUT2D eigenvalue weighted by Gasteiger charge is -2.34. The number of carbonyl (C=O) groups excluding carboxylic acids is 1. The van der Waals surface area contributed by atoms with Crippen molar-refractivity contribution in [1.82, 2.24) is 15.1 Å². The van der Waals surface area contributed by atoms with Gasteiger partial charge in [-0.05, 0) is 44.7 Å². The van der Waals surface area contributed by atoms with Crippen LogP contribution in [-0.4, -0.2) is 59.7 Å². The van der Waals surface area contributed by atoms with Gasteiger partial charge < -0.3 is 15.3 Å². The van der Waals surface area contributed by atoms with E-state index < -0.39 is 6.10 Å². The molecule has 1 heterocycles. The average molecular weight is 348 g/mol. The Morgan fingerprint density at radius 2 is 1.92 bits per heavy atom. The Labute approximate surface area is 152 Å². The van der Waals surface area contributed by atoms with Gasteiger partial charge in [-0.25, -0.2) is 4.79 Å². The van der Waals surface area contributed by atoms with Crippen molar-refractivity contribution in [2.45, 2.75) is 45.8 Å². The van der Waals surface area contributed by atoms with Crippen LogP contribution in [0, 0.1) is 5.92 Å². The fraction of sp³-hybridized carbons (Fsp3) is 0.650. The van der Waals surface area contributed by atoms with E-state index in [9.17, 15) is 9.90 Å². The molecule has 1 aromatic rings. The molecule has 0 aromatic heterocycles. The molecular formula is C20H33N3O2. The van der Waals surface area contributed by atoms with Crippen molar-refractivity contribution >= 4 is 6.03 Å². The van der Waals surface area contributed by atoms with Crippen LogP contribution >= 0.6 is 0 Å². The monoisotopic (exact) mass is 347 g/mol. The maximum Gasteiger partial charge on any atom is 0.317 e. The maximum absolute atomic E-state index is 12.3. The van der Waals surface area contributed by atoms with E-state index in [1.807, 2.05) is 35.2 Å². The van der Waals surface area contributed by atoms with Crippen molar-refractivity contribution in [2.24, 2.45) is 5.92 Å². The van der Waals surface area contributed by atoms with Gasteiger partial charge in [-0.15, -0.1) is 0 Å². The zero-order valence-corrected chi connectivity index (χ0v) is 15.8. The average Bonchev–Trinajstić information content (AvgIpc) is 2.65. The highest BCUT2D eigenvalue weighted by atomic mass is 16.3. The van der Waals surface area contributed by atoms with Gasteiger partial charge in [0.2, 0.25) is 0 Å². The Hall–Kier alpha value is -1.59. The van der Waals surface area contributed by atoms with Gasteiger partial charge in [-0.2, -0.15) is 0 Å². The highest BCUT2D eigenvalue weighted by Crippen LogP contribution is 2.30. The molecule has 2 N–H and O–H groups in total. The zero-order chi connectivity index (χ0) is 18.2. The van der Waals surface area contributed by atoms with E-state index >= 15 is 0 Å². The summed E-state index contributed by atoms with van der Waals surface area (Å²) in [6.07, 6.45) is 1.25. The van der Waals surface area contributed by atoms with Crippen LogP contribution in [0.1, 0.15) is 45.3 Å². The van der Waals surface area contributed by atoms with E-state index in [4.69, 9.17) is 0 Å². The number of hydrogen-bond donors (Lipinski definition) is 2. The molecule has 1 unspecified atom stereocenters. The Balaban J connectivity index is 1.73. The largest absolute Gasteiger partial charge is 0.388 e. The van der Waals surface area contributed by atoms with Crippen LogP contribution in [0.2, 0.25) is 0 Å². The normalized spacial score (nSPS) is 17.1. The van der Waals surface area contributed by atoms with E-state index in [1.54, 1.807) is 0 Å². The number of aliphatic hydroxyl groups is 1. The fourth-order valence-corrected chi connectivity index (χ4v) is 3.54. The summed E-state index contributed by atoms with van der Waals surface area (Å²) in [4.78, 5) is 16.5. The van der Waals surface area contributed by atoms with E-state index in [0.717, 1.165) is 31.5 Å². The minimum absolute atomic E-state index is 0.0208. The second-order valence-corrected chi connectivity index (χ2v) is 7.13. The Morgan fingerprint density at radius 3 is 2.48 bits per heavy atom. The molecule has 0 spiro atoms. The van der Waals surface area contributed by atoms with Gasteiger partial charge in [0, 0.05) is 32.2 Å². The molecule has 5 nitrogen and oxygen atoms in total. The third kappa shape index (κ3) is 5.72. The number of carbonyl (C=O) groups is 1. The second-order valence-electron chi connectivity index (χ2n) is 7.13. The first-order chi connectivity index (χ1) is 12.0. The lowest BCUT2D eigenvalue weighted by Crippen LogP contribution is -2.47. The van der Waals surface area contributed by atoms with Gasteiger partial charge >= 0.3 is 6.03 Å². The first-order valence-corrected chi connectivity index (χ1v) is 9.52. The Bertz CT molecular complexity index is 513. The number of hydrogen-bond acceptors (Lipinski definition) is 3. The first kappa shape index (κ1) is 19.7. The van der Waals surface area contributed by atoms with Crippen LogP contribution in [0.4, 0.5) is 4.79 Å². The summed E-state index contributed by atoms with van der Waals surface area (Å²) in [5.41, 5.74) is 0.971. The first-order valence-electron chi connectivity index (χ1n) is 9.52. The van der Waals surface area contributed by atoms with Gasteiger partial charge in [-0.3, -0.25) is 4.90 Å². The van der Waals surface area contributed by atoms with Crippen LogP contribution < -0.4 is 5.32 Å². The van der Waals surface area contributed by atoms with Crippen LogP contribution in [0.3, 0.4) is 0 Å². The van der Waals surface area contributed by atoms with Crippen LogP contribution in [0.15, 0.2) is 30.3 Å². The number of amides is 2. The molecule has 140 valence electrons. The number of aliphatic hydroxyl groups excluding tert-OH is 1. The number of urea groups is 1. The van der Waals surface area contributed by atoms with Crippen LogP contribution in [-0.2, 0) is 0 Å². The van der Waals surface area contributed by atoms with Crippen molar-refractivity contribution < 1.29 is 9.90 Å². The molecular weight excluding hydrogens is 314 g/mol. The predicted octanol–water partition coefficient (Wildman–Crippen LogP) is 2.87. The number of rotatable bonds is 7. The second kappa shape index (κ2) is 9.78. The summed E-state index contributed by atoms with van der Waals surface area (Å²) in [6.45, 7) is 10.5. The van der Waals surface area contributed by atoms with E-state index in [0.29, 0.717) is 25.7 Å². The van der Waals surface area contributed by atoms with Crippen LogP contribution in [0.5, 0.6) is 0 Å². The van der Waals surface area contributed by atoms with Crippen molar-refractivity contribution in [2.75, 3.05) is 32.7 Å². The van der Waals surface area contributed by atoms with Crippen molar-refractivity contribution in [3.8, 4) is 0 Å². The number of nitrogens with zero attached hydrogens (tertiary/aromatic N) is 2. The summed E-state index contributed by atoms with van der Waals surface area (Å²) >= 11 is 0. The summed E-state index contributed by atoms with van der Waals surface area (Å²) in [7, 11) is 0. The van der Waals surface area contributed by atoms with E-state index in [2.05, 4.69) is 31.0 Å². The Morgan fingerprint density at radius 1 is 1.28 bits per heavy atom. The van der Waals surface area contributed by atoms with E-state index in [1.165, 1.54) is 0 Å².